The number of nitrogens with one attached hydrogen (secondary N) is 1. The molecule has 0 aromatic heterocycles. The third kappa shape index (κ3) is 4.66. The molecule has 0 aliphatic heterocycles. The molecule has 0 radical (unpaired) electrons. The lowest BCUT2D eigenvalue weighted by molar-refractivity contribution is 0.164. The Morgan fingerprint density at radius 1 is 1.05 bits per heavy atom. The fraction of sp³-hybridized carbons (Fsp3) is 1.00. The monoisotopic (exact) mass is 297 g/mol. The molecule has 0 amide bonds. The topological polar surface area (TPSA) is 12.0 Å². The summed E-state index contributed by atoms with van der Waals surface area (Å²) in [6.07, 6.45) is 11.4. The number of rotatable bonds is 5. The van der Waals surface area contributed by atoms with Crippen molar-refractivity contribution in [2.24, 2.45) is 11.3 Å². The molecule has 118 valence electrons. The van der Waals surface area contributed by atoms with Gasteiger partial charge < -0.3 is 5.32 Å². The largest absolute Gasteiger partial charge is 0.313 e. The minimum absolute atomic E-state index is 0.490. The van der Waals surface area contributed by atoms with E-state index in [1.54, 1.807) is 0 Å². The van der Waals surface area contributed by atoms with Crippen molar-refractivity contribution in [3.63, 3.8) is 0 Å². The van der Waals surface area contributed by atoms with E-state index in [1.807, 2.05) is 0 Å². The molecular weight excluding hydrogens is 262 g/mol. The molecule has 0 heterocycles. The highest BCUT2D eigenvalue weighted by Crippen LogP contribution is 2.44. The maximum Gasteiger partial charge on any atom is 0.0206 e. The number of hydrogen-bond acceptors (Lipinski definition) is 2. The van der Waals surface area contributed by atoms with E-state index < -0.39 is 0 Å². The van der Waals surface area contributed by atoms with Crippen molar-refractivity contribution in [2.45, 2.75) is 95.6 Å². The predicted molar refractivity (Wildman–Crippen MR) is 92.5 cm³/mol. The van der Waals surface area contributed by atoms with Crippen molar-refractivity contribution in [1.29, 1.82) is 0 Å². The molecule has 2 heteroatoms. The number of hydrogen-bond donors (Lipinski definition) is 1. The van der Waals surface area contributed by atoms with Gasteiger partial charge in [0.15, 0.2) is 0 Å². The van der Waals surface area contributed by atoms with Crippen LogP contribution in [0.1, 0.15) is 79.1 Å². The van der Waals surface area contributed by atoms with Crippen LogP contribution in [-0.4, -0.2) is 23.1 Å². The third-order valence-corrected chi connectivity index (χ3v) is 7.07. The lowest BCUT2D eigenvalue weighted by Crippen LogP contribution is -2.45. The first kappa shape index (κ1) is 16.7. The SMILES string of the molecule is CCCNC1CCC(C(C)(C)C)CC1SC1CCCC1. The van der Waals surface area contributed by atoms with Gasteiger partial charge in [0.05, 0.1) is 0 Å². The highest BCUT2D eigenvalue weighted by atomic mass is 32.2. The fourth-order valence-electron chi connectivity index (χ4n) is 3.90. The van der Waals surface area contributed by atoms with Crippen LogP contribution in [0.2, 0.25) is 0 Å². The van der Waals surface area contributed by atoms with Gasteiger partial charge in [-0.1, -0.05) is 40.5 Å². The standard InChI is InChI=1S/C18H35NS/c1-5-12-19-16-11-10-14(18(2,3)4)13-17(16)20-15-8-6-7-9-15/h14-17,19H,5-13H2,1-4H3. The van der Waals surface area contributed by atoms with Gasteiger partial charge in [-0.25, -0.2) is 0 Å². The predicted octanol–water partition coefficient (Wildman–Crippen LogP) is 5.25. The van der Waals surface area contributed by atoms with Gasteiger partial charge in [0.2, 0.25) is 0 Å². The van der Waals surface area contributed by atoms with Crippen LogP contribution >= 0.6 is 11.8 Å². The molecule has 20 heavy (non-hydrogen) atoms. The first-order valence-electron chi connectivity index (χ1n) is 8.89. The summed E-state index contributed by atoms with van der Waals surface area (Å²) < 4.78 is 0. The molecule has 0 aromatic rings. The Morgan fingerprint density at radius 2 is 1.75 bits per heavy atom. The Balaban J connectivity index is 1.94. The zero-order valence-corrected chi connectivity index (χ0v) is 14.9. The summed E-state index contributed by atoms with van der Waals surface area (Å²) in [5.41, 5.74) is 0.490. The third-order valence-electron chi connectivity index (χ3n) is 5.34. The Bertz CT molecular complexity index is 278. The molecule has 0 bridgehead atoms. The summed E-state index contributed by atoms with van der Waals surface area (Å²) in [6.45, 7) is 10.8. The maximum absolute atomic E-state index is 3.85. The van der Waals surface area contributed by atoms with Crippen molar-refractivity contribution < 1.29 is 0 Å². The molecule has 1 nitrogen and oxygen atoms in total. The zero-order chi connectivity index (χ0) is 14.6. The molecule has 1 N–H and O–H groups in total. The Hall–Kier alpha value is 0.310. The number of thioether (sulfide) groups is 1. The normalized spacial score (nSPS) is 32.7. The fourth-order valence-corrected chi connectivity index (χ4v) is 5.77. The van der Waals surface area contributed by atoms with Crippen molar-refractivity contribution in [3.8, 4) is 0 Å². The molecule has 0 spiro atoms. The maximum atomic E-state index is 3.85. The van der Waals surface area contributed by atoms with Gasteiger partial charge in [0.1, 0.15) is 0 Å². The van der Waals surface area contributed by atoms with Crippen LogP contribution in [0.4, 0.5) is 0 Å². The zero-order valence-electron chi connectivity index (χ0n) is 14.1. The minimum atomic E-state index is 0.490. The second kappa shape index (κ2) is 7.54. The molecule has 2 aliphatic carbocycles. The first-order chi connectivity index (χ1) is 9.50. The molecule has 2 fully saturated rings. The molecule has 2 aliphatic rings. The Kier molecular flexibility index (Phi) is 6.28. The highest BCUT2D eigenvalue weighted by Gasteiger charge is 2.37. The van der Waals surface area contributed by atoms with Crippen LogP contribution in [0, 0.1) is 11.3 Å². The van der Waals surface area contributed by atoms with Crippen molar-refractivity contribution in [1.82, 2.24) is 5.32 Å². The molecule has 3 atom stereocenters. The van der Waals surface area contributed by atoms with Gasteiger partial charge in [-0.05, 0) is 56.4 Å². The van der Waals surface area contributed by atoms with Crippen LogP contribution in [0.15, 0.2) is 0 Å². The second-order valence-corrected chi connectivity index (χ2v) is 9.56. The first-order valence-corrected chi connectivity index (χ1v) is 9.84. The summed E-state index contributed by atoms with van der Waals surface area (Å²) in [5, 5.41) is 5.67. The van der Waals surface area contributed by atoms with Gasteiger partial charge in [-0.3, -0.25) is 0 Å². The molecule has 3 unspecified atom stereocenters. The van der Waals surface area contributed by atoms with E-state index in [-0.39, 0.29) is 0 Å². The molecular formula is C18H35NS. The van der Waals surface area contributed by atoms with Crippen LogP contribution < -0.4 is 5.32 Å². The smallest absolute Gasteiger partial charge is 0.0206 e. The second-order valence-electron chi connectivity index (χ2n) is 8.02. The van der Waals surface area contributed by atoms with E-state index in [0.29, 0.717) is 5.41 Å². The Morgan fingerprint density at radius 3 is 2.35 bits per heavy atom. The van der Waals surface area contributed by atoms with Gasteiger partial charge >= 0.3 is 0 Å². The molecule has 2 saturated carbocycles. The van der Waals surface area contributed by atoms with Gasteiger partial charge in [-0.2, -0.15) is 11.8 Å². The highest BCUT2D eigenvalue weighted by molar-refractivity contribution is 8.00. The summed E-state index contributed by atoms with van der Waals surface area (Å²) in [5.74, 6) is 0.918. The summed E-state index contributed by atoms with van der Waals surface area (Å²) in [4.78, 5) is 0. The average molecular weight is 298 g/mol. The molecule has 0 saturated heterocycles. The van der Waals surface area contributed by atoms with Crippen molar-refractivity contribution >= 4 is 11.8 Å². The van der Waals surface area contributed by atoms with Gasteiger partial charge in [0.25, 0.3) is 0 Å². The van der Waals surface area contributed by atoms with E-state index in [0.717, 1.165) is 22.5 Å². The van der Waals surface area contributed by atoms with Crippen LogP contribution in [0.5, 0.6) is 0 Å². The lowest BCUT2D eigenvalue weighted by Gasteiger charge is -2.42. The van der Waals surface area contributed by atoms with Crippen molar-refractivity contribution in [3.05, 3.63) is 0 Å². The minimum Gasteiger partial charge on any atom is -0.313 e. The summed E-state index contributed by atoms with van der Waals surface area (Å²) >= 11 is 2.34. The van der Waals surface area contributed by atoms with Crippen LogP contribution in [-0.2, 0) is 0 Å². The van der Waals surface area contributed by atoms with E-state index in [9.17, 15) is 0 Å². The van der Waals surface area contributed by atoms with Gasteiger partial charge in [0, 0.05) is 16.5 Å². The quantitative estimate of drug-likeness (QED) is 0.744. The average Bonchev–Trinajstić information content (AvgIpc) is 2.89. The van der Waals surface area contributed by atoms with Crippen LogP contribution in [0.25, 0.3) is 0 Å². The van der Waals surface area contributed by atoms with Crippen LogP contribution in [0.3, 0.4) is 0 Å². The van der Waals surface area contributed by atoms with Gasteiger partial charge in [-0.15, -0.1) is 0 Å². The summed E-state index contributed by atoms with van der Waals surface area (Å²) in [6, 6.07) is 0.777. The molecule has 2 rings (SSSR count). The summed E-state index contributed by atoms with van der Waals surface area (Å²) in [7, 11) is 0. The van der Waals surface area contributed by atoms with E-state index in [1.165, 1.54) is 57.9 Å². The molecule has 0 aromatic carbocycles. The Labute approximate surface area is 131 Å². The lowest BCUT2D eigenvalue weighted by atomic mass is 9.71. The van der Waals surface area contributed by atoms with Crippen molar-refractivity contribution in [2.75, 3.05) is 6.54 Å². The van der Waals surface area contributed by atoms with E-state index in [2.05, 4.69) is 44.8 Å². The van der Waals surface area contributed by atoms with E-state index >= 15 is 0 Å². The van der Waals surface area contributed by atoms with E-state index in [4.69, 9.17) is 0 Å².